The molecule has 1 atom stereocenters. The van der Waals surface area contributed by atoms with E-state index in [0.717, 1.165) is 31.5 Å². The van der Waals surface area contributed by atoms with Gasteiger partial charge in [0.15, 0.2) is 6.29 Å². The number of aromatic nitrogens is 2. The molecular weight excluding hydrogens is 324 g/mol. The second kappa shape index (κ2) is 13.2. The molecule has 0 aliphatic carbocycles. The lowest BCUT2D eigenvalue weighted by Crippen LogP contribution is -2.18. The average Bonchev–Trinajstić information content (AvgIpc) is 3.09. The molecule has 0 spiro atoms. The van der Waals surface area contributed by atoms with Crippen molar-refractivity contribution in [3.63, 3.8) is 0 Å². The van der Waals surface area contributed by atoms with Crippen LogP contribution in [0.2, 0.25) is 0 Å². The Bertz CT molecular complexity index is 587. The summed E-state index contributed by atoms with van der Waals surface area (Å²) in [5.41, 5.74) is 2.88. The van der Waals surface area contributed by atoms with Gasteiger partial charge in [0, 0.05) is 30.2 Å². The molecule has 0 amide bonds. The van der Waals surface area contributed by atoms with Crippen LogP contribution in [0.1, 0.15) is 52.5 Å². The van der Waals surface area contributed by atoms with Gasteiger partial charge in [-0.2, -0.15) is 5.10 Å². The molecule has 146 valence electrons. The van der Waals surface area contributed by atoms with Crippen molar-refractivity contribution in [2.24, 2.45) is 10.9 Å². The third-order valence-electron chi connectivity index (χ3n) is 4.21. The zero-order chi connectivity index (χ0) is 20.1. The number of allylic oxidation sites excluding steroid dienone is 2. The highest BCUT2D eigenvalue weighted by Crippen LogP contribution is 2.11. The van der Waals surface area contributed by atoms with E-state index in [9.17, 15) is 4.79 Å². The Morgan fingerprint density at radius 2 is 2.04 bits per heavy atom. The third-order valence-corrected chi connectivity index (χ3v) is 4.21. The van der Waals surface area contributed by atoms with Crippen molar-refractivity contribution in [2.45, 2.75) is 53.5 Å². The number of hydrogen-bond donors (Lipinski definition) is 0. The number of carbonyl (C=O) groups excluding carboxylic acids is 1. The van der Waals surface area contributed by atoms with E-state index in [0.29, 0.717) is 17.4 Å². The van der Waals surface area contributed by atoms with Crippen LogP contribution in [0.3, 0.4) is 0 Å². The van der Waals surface area contributed by atoms with Gasteiger partial charge in [0.1, 0.15) is 0 Å². The molecule has 0 aromatic carbocycles. The highest BCUT2D eigenvalue weighted by molar-refractivity contribution is 5.85. The summed E-state index contributed by atoms with van der Waals surface area (Å²) in [5, 5.41) is 4.30. The average molecular weight is 361 g/mol. The van der Waals surface area contributed by atoms with Crippen molar-refractivity contribution in [1.29, 1.82) is 0 Å². The van der Waals surface area contributed by atoms with E-state index in [1.165, 1.54) is 11.6 Å². The van der Waals surface area contributed by atoms with Crippen molar-refractivity contribution < 1.29 is 4.79 Å². The van der Waals surface area contributed by atoms with Crippen LogP contribution in [0.4, 0.5) is 0 Å². The summed E-state index contributed by atoms with van der Waals surface area (Å²) in [6.45, 7) is 16.1. The fourth-order valence-electron chi connectivity index (χ4n) is 1.83. The monoisotopic (exact) mass is 360 g/mol. The molecular formula is C21H36N4O. The number of aliphatic imine (C=N–C) groups is 1. The van der Waals surface area contributed by atoms with Crippen LogP contribution >= 0.6 is 0 Å². The fraction of sp³-hybridized carbons (Fsp3) is 0.571. The first kappa shape index (κ1) is 24.0. The maximum atomic E-state index is 10.4. The standard InChI is InChI=1S/C11H17NO.C10H19N3/c1-5-9(3)10(4)12-7-11(6-2)8-13;1-9(2)10-7-11-13(8-10)6-5-12(3)4/h6-9H,2,5H2,1,3-4H3;7-9H,5-6H2,1-4H3/b11-7+,12-10?;. The van der Waals surface area contributed by atoms with Crippen LogP contribution in [0.5, 0.6) is 0 Å². The Hall–Kier alpha value is -2.01. The molecule has 1 rings (SSSR count). The number of likely N-dealkylation sites (N-methyl/N-ethyl adjacent to an activating group) is 1. The van der Waals surface area contributed by atoms with Gasteiger partial charge < -0.3 is 4.90 Å². The molecule has 1 aromatic heterocycles. The topological polar surface area (TPSA) is 50.5 Å². The lowest BCUT2D eigenvalue weighted by Gasteiger charge is -2.08. The molecule has 1 heterocycles. The van der Waals surface area contributed by atoms with Crippen molar-refractivity contribution in [3.05, 3.63) is 42.4 Å². The van der Waals surface area contributed by atoms with E-state index in [-0.39, 0.29) is 0 Å². The van der Waals surface area contributed by atoms with Crippen molar-refractivity contribution in [1.82, 2.24) is 14.7 Å². The van der Waals surface area contributed by atoms with E-state index < -0.39 is 0 Å². The molecule has 0 saturated heterocycles. The lowest BCUT2D eigenvalue weighted by molar-refractivity contribution is -0.104. The molecule has 1 unspecified atom stereocenters. The Kier molecular flexibility index (Phi) is 12.2. The molecule has 5 nitrogen and oxygen atoms in total. The molecule has 5 heteroatoms. The zero-order valence-electron chi connectivity index (χ0n) is 17.6. The molecule has 0 radical (unpaired) electrons. The van der Waals surface area contributed by atoms with Gasteiger partial charge in [-0.05, 0) is 44.8 Å². The predicted molar refractivity (Wildman–Crippen MR) is 112 cm³/mol. The van der Waals surface area contributed by atoms with E-state index in [1.54, 1.807) is 6.20 Å². The number of hydrogen-bond acceptors (Lipinski definition) is 4. The van der Waals surface area contributed by atoms with E-state index in [2.05, 4.69) is 69.6 Å². The van der Waals surface area contributed by atoms with Crippen molar-refractivity contribution >= 4 is 12.0 Å². The minimum absolute atomic E-state index is 0.467. The summed E-state index contributed by atoms with van der Waals surface area (Å²) >= 11 is 0. The molecule has 0 fully saturated rings. The van der Waals surface area contributed by atoms with Gasteiger partial charge in [-0.25, -0.2) is 0 Å². The minimum Gasteiger partial charge on any atom is -0.308 e. The quantitative estimate of drug-likeness (QED) is 0.285. The van der Waals surface area contributed by atoms with Gasteiger partial charge >= 0.3 is 0 Å². The van der Waals surface area contributed by atoms with E-state index in [1.807, 2.05) is 17.8 Å². The minimum atomic E-state index is 0.467. The van der Waals surface area contributed by atoms with Crippen LogP contribution in [0.25, 0.3) is 0 Å². The smallest absolute Gasteiger partial charge is 0.151 e. The Morgan fingerprint density at radius 3 is 2.46 bits per heavy atom. The molecule has 26 heavy (non-hydrogen) atoms. The van der Waals surface area contributed by atoms with Gasteiger partial charge in [0.2, 0.25) is 0 Å². The maximum absolute atomic E-state index is 10.4. The van der Waals surface area contributed by atoms with E-state index >= 15 is 0 Å². The van der Waals surface area contributed by atoms with Crippen LogP contribution in [-0.4, -0.2) is 47.3 Å². The van der Waals surface area contributed by atoms with Gasteiger partial charge in [-0.3, -0.25) is 14.5 Å². The zero-order valence-corrected chi connectivity index (χ0v) is 17.6. The second-order valence-corrected chi connectivity index (χ2v) is 7.03. The van der Waals surface area contributed by atoms with Crippen LogP contribution in [0.15, 0.2) is 41.8 Å². The summed E-state index contributed by atoms with van der Waals surface area (Å²) in [6, 6.07) is 0. The number of carbonyl (C=O) groups is 1. The van der Waals surface area contributed by atoms with Crippen LogP contribution in [0, 0.1) is 5.92 Å². The highest BCUT2D eigenvalue weighted by Gasteiger charge is 2.02. The molecule has 0 saturated carbocycles. The summed E-state index contributed by atoms with van der Waals surface area (Å²) in [6.07, 6.45) is 8.96. The predicted octanol–water partition coefficient (Wildman–Crippen LogP) is 4.33. The van der Waals surface area contributed by atoms with Gasteiger partial charge in [0.25, 0.3) is 0 Å². The Morgan fingerprint density at radius 1 is 1.38 bits per heavy atom. The summed E-state index contributed by atoms with van der Waals surface area (Å²) in [7, 11) is 4.15. The van der Waals surface area contributed by atoms with Gasteiger partial charge in [0.05, 0.1) is 12.7 Å². The van der Waals surface area contributed by atoms with E-state index in [4.69, 9.17) is 0 Å². The van der Waals surface area contributed by atoms with Crippen molar-refractivity contribution in [3.8, 4) is 0 Å². The lowest BCUT2D eigenvalue weighted by atomic mass is 10.0. The highest BCUT2D eigenvalue weighted by atomic mass is 16.1. The molecule has 0 N–H and O–H groups in total. The summed E-state index contributed by atoms with van der Waals surface area (Å²) in [4.78, 5) is 16.7. The largest absolute Gasteiger partial charge is 0.308 e. The number of aldehydes is 1. The number of rotatable bonds is 9. The SMILES string of the molecule is C=C/C(C=O)=C\N=C(C)C(C)CC.CC(C)c1cnn(CCN(C)C)c1. The van der Waals surface area contributed by atoms with Crippen molar-refractivity contribution in [2.75, 3.05) is 20.6 Å². The van der Waals surface area contributed by atoms with Gasteiger partial charge in [-0.15, -0.1) is 0 Å². The van der Waals surface area contributed by atoms with Crippen LogP contribution < -0.4 is 0 Å². The Balaban J connectivity index is 0.000000481. The van der Waals surface area contributed by atoms with Gasteiger partial charge in [-0.1, -0.05) is 40.3 Å². The normalized spacial score (nSPS) is 13.4. The third kappa shape index (κ3) is 10.1. The first-order chi connectivity index (χ1) is 12.2. The summed E-state index contributed by atoms with van der Waals surface area (Å²) < 4.78 is 2.01. The molecule has 0 bridgehead atoms. The summed E-state index contributed by atoms with van der Waals surface area (Å²) in [5.74, 6) is 1.04. The maximum Gasteiger partial charge on any atom is 0.151 e. The first-order valence-corrected chi connectivity index (χ1v) is 9.24. The fourth-order valence-corrected chi connectivity index (χ4v) is 1.83. The molecule has 0 aliphatic heterocycles. The second-order valence-electron chi connectivity index (χ2n) is 7.03. The molecule has 1 aromatic rings. The Labute approximate surface area is 159 Å². The molecule has 0 aliphatic rings. The number of nitrogens with zero attached hydrogens (tertiary/aromatic N) is 4. The van der Waals surface area contributed by atoms with Crippen LogP contribution in [-0.2, 0) is 11.3 Å². The first-order valence-electron chi connectivity index (χ1n) is 9.24.